The Balaban J connectivity index is 1.97. The van der Waals surface area contributed by atoms with Gasteiger partial charge in [-0.3, -0.25) is 9.59 Å². The predicted octanol–water partition coefficient (Wildman–Crippen LogP) is 6.08. The fraction of sp³-hybridized carbons (Fsp3) is 0.0800. The zero-order chi connectivity index (χ0) is 22.8. The summed E-state index contributed by atoms with van der Waals surface area (Å²) >= 11 is 12.4. The number of nitrogens with one attached hydrogen (secondary N) is 1. The van der Waals surface area contributed by atoms with Gasteiger partial charge in [0.1, 0.15) is 11.5 Å². The van der Waals surface area contributed by atoms with Gasteiger partial charge in [-0.05, 0) is 56.3 Å². The second kappa shape index (κ2) is 8.99. The molecular formula is C25H19Cl2N3O2. The average molecular weight is 464 g/mol. The van der Waals surface area contributed by atoms with E-state index in [1.807, 2.05) is 31.2 Å². The maximum absolute atomic E-state index is 13.2. The van der Waals surface area contributed by atoms with E-state index in [4.69, 9.17) is 23.2 Å². The normalized spacial score (nSPS) is 10.8. The van der Waals surface area contributed by atoms with Crippen LogP contribution in [0, 0.1) is 13.8 Å². The van der Waals surface area contributed by atoms with Gasteiger partial charge in [-0.25, -0.2) is 4.68 Å². The number of halogens is 2. The molecule has 0 fully saturated rings. The van der Waals surface area contributed by atoms with Gasteiger partial charge in [0.25, 0.3) is 5.91 Å². The van der Waals surface area contributed by atoms with E-state index in [-0.39, 0.29) is 22.5 Å². The van der Waals surface area contributed by atoms with Gasteiger partial charge in [-0.15, -0.1) is 0 Å². The van der Waals surface area contributed by atoms with Crippen LogP contribution < -0.4 is 10.7 Å². The largest absolute Gasteiger partial charge is 0.306 e. The molecule has 0 saturated carbocycles. The molecule has 0 aliphatic heterocycles. The van der Waals surface area contributed by atoms with Gasteiger partial charge in [-0.1, -0.05) is 59.1 Å². The van der Waals surface area contributed by atoms with Gasteiger partial charge >= 0.3 is 0 Å². The van der Waals surface area contributed by atoms with E-state index in [9.17, 15) is 9.59 Å². The van der Waals surface area contributed by atoms with Crippen molar-refractivity contribution >= 4 is 34.9 Å². The molecule has 4 aromatic rings. The molecule has 1 aromatic heterocycles. The standard InChI is InChI=1S/C25H19Cl2N3O2/c1-15-7-13-19(14-8-15)30-24(28-25(32)17-9-11-18(26)12-10-17)22(23(31)16(2)29-30)20-5-3-4-6-21(20)27/h3-14H,1-2H3,(H,28,32). The summed E-state index contributed by atoms with van der Waals surface area (Å²) in [4.78, 5) is 26.3. The minimum Gasteiger partial charge on any atom is -0.306 e. The third-order valence-corrected chi connectivity index (χ3v) is 5.60. The van der Waals surface area contributed by atoms with Crippen LogP contribution in [0.5, 0.6) is 0 Å². The lowest BCUT2D eigenvalue weighted by atomic mass is 10.0. The van der Waals surface area contributed by atoms with Crippen LogP contribution in [-0.2, 0) is 0 Å². The summed E-state index contributed by atoms with van der Waals surface area (Å²) in [6, 6.07) is 21.1. The fourth-order valence-electron chi connectivity index (χ4n) is 3.32. The second-order valence-electron chi connectivity index (χ2n) is 7.33. The quantitative estimate of drug-likeness (QED) is 0.399. The molecule has 3 aromatic carbocycles. The number of aromatic nitrogens is 2. The number of benzene rings is 3. The summed E-state index contributed by atoms with van der Waals surface area (Å²) in [6.45, 7) is 3.62. The highest BCUT2D eigenvalue weighted by molar-refractivity contribution is 6.33. The Morgan fingerprint density at radius 2 is 1.56 bits per heavy atom. The highest BCUT2D eigenvalue weighted by Crippen LogP contribution is 2.32. The van der Waals surface area contributed by atoms with Crippen LogP contribution in [0.25, 0.3) is 16.8 Å². The maximum atomic E-state index is 13.2. The number of nitrogens with zero attached hydrogens (tertiary/aromatic N) is 2. The molecule has 0 atom stereocenters. The van der Waals surface area contributed by atoms with E-state index in [2.05, 4.69) is 10.4 Å². The van der Waals surface area contributed by atoms with Gasteiger partial charge in [-0.2, -0.15) is 5.10 Å². The minimum atomic E-state index is -0.402. The van der Waals surface area contributed by atoms with Gasteiger partial charge in [0.05, 0.1) is 11.3 Å². The van der Waals surface area contributed by atoms with E-state index in [1.54, 1.807) is 60.1 Å². The summed E-state index contributed by atoms with van der Waals surface area (Å²) in [6.07, 6.45) is 0. The van der Waals surface area contributed by atoms with Gasteiger partial charge in [0.15, 0.2) is 0 Å². The van der Waals surface area contributed by atoms with Crippen LogP contribution in [0.1, 0.15) is 21.6 Å². The molecule has 5 nitrogen and oxygen atoms in total. The molecule has 1 amide bonds. The van der Waals surface area contributed by atoms with E-state index < -0.39 is 5.91 Å². The Morgan fingerprint density at radius 1 is 0.906 bits per heavy atom. The number of rotatable bonds is 4. The first-order valence-corrected chi connectivity index (χ1v) is 10.6. The van der Waals surface area contributed by atoms with Gasteiger partial charge in [0, 0.05) is 21.2 Å². The van der Waals surface area contributed by atoms with Crippen molar-refractivity contribution in [3.63, 3.8) is 0 Å². The second-order valence-corrected chi connectivity index (χ2v) is 8.17. The van der Waals surface area contributed by atoms with Crippen molar-refractivity contribution in [2.75, 3.05) is 5.32 Å². The van der Waals surface area contributed by atoms with Crippen LogP contribution >= 0.6 is 23.2 Å². The summed E-state index contributed by atoms with van der Waals surface area (Å²) < 4.78 is 1.56. The highest BCUT2D eigenvalue weighted by atomic mass is 35.5. The van der Waals surface area contributed by atoms with Crippen LogP contribution in [0.15, 0.2) is 77.6 Å². The van der Waals surface area contributed by atoms with Crippen molar-refractivity contribution in [2.45, 2.75) is 13.8 Å². The lowest BCUT2D eigenvalue weighted by Crippen LogP contribution is -2.25. The Morgan fingerprint density at radius 3 is 2.22 bits per heavy atom. The molecule has 160 valence electrons. The Kier molecular flexibility index (Phi) is 6.12. The van der Waals surface area contributed by atoms with Crippen LogP contribution in [0.3, 0.4) is 0 Å². The smallest absolute Gasteiger partial charge is 0.256 e. The van der Waals surface area contributed by atoms with Crippen molar-refractivity contribution in [3.05, 3.63) is 110 Å². The topological polar surface area (TPSA) is 64.0 Å². The van der Waals surface area contributed by atoms with Crippen LogP contribution in [0.4, 0.5) is 5.82 Å². The summed E-state index contributed by atoms with van der Waals surface area (Å²) in [5.41, 5.74) is 2.91. The number of hydrogen-bond donors (Lipinski definition) is 1. The zero-order valence-electron chi connectivity index (χ0n) is 17.4. The minimum absolute atomic E-state index is 0.234. The molecule has 0 aliphatic carbocycles. The molecule has 0 bridgehead atoms. The number of carbonyl (C=O) groups is 1. The Labute approximate surface area is 195 Å². The van der Waals surface area contributed by atoms with E-state index in [0.717, 1.165) is 5.56 Å². The molecular weight excluding hydrogens is 445 g/mol. The van der Waals surface area contributed by atoms with Gasteiger partial charge in [0.2, 0.25) is 5.43 Å². The lowest BCUT2D eigenvalue weighted by Gasteiger charge is -2.19. The van der Waals surface area contributed by atoms with E-state index in [0.29, 0.717) is 26.9 Å². The monoisotopic (exact) mass is 463 g/mol. The number of carbonyl (C=O) groups excluding carboxylic acids is 1. The third-order valence-electron chi connectivity index (χ3n) is 5.01. The van der Waals surface area contributed by atoms with Crippen molar-refractivity contribution in [2.24, 2.45) is 0 Å². The first kappa shape index (κ1) is 21.8. The van der Waals surface area contributed by atoms with Gasteiger partial charge < -0.3 is 5.32 Å². The van der Waals surface area contributed by atoms with Crippen LogP contribution in [-0.4, -0.2) is 15.7 Å². The average Bonchev–Trinajstić information content (AvgIpc) is 2.78. The molecule has 0 radical (unpaired) electrons. The molecule has 7 heteroatoms. The highest BCUT2D eigenvalue weighted by Gasteiger charge is 2.22. The predicted molar refractivity (Wildman–Crippen MR) is 129 cm³/mol. The summed E-state index contributed by atoms with van der Waals surface area (Å²) in [5, 5.41) is 8.27. The molecule has 0 aliphatic rings. The molecule has 1 N–H and O–H groups in total. The molecule has 32 heavy (non-hydrogen) atoms. The van der Waals surface area contributed by atoms with E-state index in [1.165, 1.54) is 0 Å². The molecule has 0 saturated heterocycles. The molecule has 1 heterocycles. The number of amides is 1. The first-order chi connectivity index (χ1) is 15.3. The maximum Gasteiger partial charge on any atom is 0.256 e. The molecule has 0 spiro atoms. The Bertz CT molecular complexity index is 1360. The van der Waals surface area contributed by atoms with Crippen molar-refractivity contribution < 1.29 is 4.79 Å². The van der Waals surface area contributed by atoms with Crippen molar-refractivity contribution in [1.82, 2.24) is 9.78 Å². The van der Waals surface area contributed by atoms with Crippen LogP contribution in [0.2, 0.25) is 10.0 Å². The molecule has 4 rings (SSSR count). The Hall–Kier alpha value is -3.41. The summed E-state index contributed by atoms with van der Waals surface area (Å²) in [5.74, 6) is -0.168. The fourth-order valence-corrected chi connectivity index (χ4v) is 3.68. The first-order valence-electron chi connectivity index (χ1n) is 9.88. The third kappa shape index (κ3) is 4.31. The SMILES string of the molecule is Cc1ccc(-n2nc(C)c(=O)c(-c3ccccc3Cl)c2NC(=O)c2ccc(Cl)cc2)cc1. The number of anilines is 1. The summed E-state index contributed by atoms with van der Waals surface area (Å²) in [7, 11) is 0. The molecule has 0 unspecified atom stereocenters. The number of hydrogen-bond acceptors (Lipinski definition) is 3. The number of aryl methyl sites for hydroxylation is 2. The zero-order valence-corrected chi connectivity index (χ0v) is 18.9. The lowest BCUT2D eigenvalue weighted by molar-refractivity contribution is 0.102. The van der Waals surface area contributed by atoms with Crippen molar-refractivity contribution in [3.8, 4) is 16.8 Å². The van der Waals surface area contributed by atoms with Crippen molar-refractivity contribution in [1.29, 1.82) is 0 Å². The van der Waals surface area contributed by atoms with E-state index >= 15 is 0 Å².